The SMILES string of the molecule is CC(=O)Nc1ccc(C)cc1Sc1ccccc1. The molecule has 3 heteroatoms. The Hall–Kier alpha value is -1.74. The van der Waals surface area contributed by atoms with Crippen LogP contribution in [0.25, 0.3) is 0 Å². The average molecular weight is 257 g/mol. The van der Waals surface area contributed by atoms with E-state index >= 15 is 0 Å². The summed E-state index contributed by atoms with van der Waals surface area (Å²) in [6.07, 6.45) is 0. The second-order valence-electron chi connectivity index (χ2n) is 4.10. The van der Waals surface area contributed by atoms with E-state index in [1.54, 1.807) is 11.8 Å². The van der Waals surface area contributed by atoms with Crippen molar-refractivity contribution < 1.29 is 4.79 Å². The largest absolute Gasteiger partial charge is 0.325 e. The topological polar surface area (TPSA) is 29.1 Å². The number of anilines is 1. The Labute approximate surface area is 111 Å². The van der Waals surface area contributed by atoms with Gasteiger partial charge in [-0.05, 0) is 36.8 Å². The third kappa shape index (κ3) is 3.37. The van der Waals surface area contributed by atoms with E-state index in [0.717, 1.165) is 15.5 Å². The van der Waals surface area contributed by atoms with Crippen molar-refractivity contribution in [2.75, 3.05) is 5.32 Å². The average Bonchev–Trinajstić information content (AvgIpc) is 2.33. The van der Waals surface area contributed by atoms with Crippen molar-refractivity contribution in [1.29, 1.82) is 0 Å². The van der Waals surface area contributed by atoms with Gasteiger partial charge in [-0.3, -0.25) is 4.79 Å². The lowest BCUT2D eigenvalue weighted by atomic mass is 10.2. The Morgan fingerprint density at radius 3 is 2.50 bits per heavy atom. The van der Waals surface area contributed by atoms with Crippen LogP contribution in [0.4, 0.5) is 5.69 Å². The Balaban J connectivity index is 2.30. The molecule has 2 nitrogen and oxygen atoms in total. The summed E-state index contributed by atoms with van der Waals surface area (Å²) in [7, 11) is 0. The van der Waals surface area contributed by atoms with Crippen LogP contribution in [0.2, 0.25) is 0 Å². The van der Waals surface area contributed by atoms with E-state index in [4.69, 9.17) is 0 Å². The van der Waals surface area contributed by atoms with Crippen molar-refractivity contribution in [2.45, 2.75) is 23.6 Å². The Bertz CT molecular complexity index is 552. The van der Waals surface area contributed by atoms with E-state index in [0.29, 0.717) is 0 Å². The second kappa shape index (κ2) is 5.74. The molecule has 1 amide bonds. The van der Waals surface area contributed by atoms with Crippen LogP contribution in [0.1, 0.15) is 12.5 Å². The van der Waals surface area contributed by atoms with E-state index in [1.165, 1.54) is 12.5 Å². The number of hydrogen-bond donors (Lipinski definition) is 1. The van der Waals surface area contributed by atoms with Crippen molar-refractivity contribution in [1.82, 2.24) is 0 Å². The summed E-state index contributed by atoms with van der Waals surface area (Å²) in [5.74, 6) is -0.0474. The van der Waals surface area contributed by atoms with Crippen molar-refractivity contribution in [3.05, 3.63) is 54.1 Å². The first-order valence-electron chi connectivity index (χ1n) is 5.76. The van der Waals surface area contributed by atoms with Crippen molar-refractivity contribution in [3.8, 4) is 0 Å². The molecule has 0 heterocycles. The fourth-order valence-electron chi connectivity index (χ4n) is 1.62. The zero-order valence-electron chi connectivity index (χ0n) is 10.4. The molecule has 0 aromatic heterocycles. The molecule has 0 unspecified atom stereocenters. The predicted octanol–water partition coefficient (Wildman–Crippen LogP) is 4.10. The van der Waals surface area contributed by atoms with Crippen LogP contribution in [0.3, 0.4) is 0 Å². The van der Waals surface area contributed by atoms with Gasteiger partial charge in [0.15, 0.2) is 0 Å². The number of hydrogen-bond acceptors (Lipinski definition) is 2. The molecule has 2 aromatic rings. The zero-order chi connectivity index (χ0) is 13.0. The zero-order valence-corrected chi connectivity index (χ0v) is 11.3. The first-order valence-corrected chi connectivity index (χ1v) is 6.58. The molecule has 92 valence electrons. The molecule has 0 atom stereocenters. The number of carbonyl (C=O) groups excluding carboxylic acids is 1. The molecular formula is C15H15NOS. The molecule has 0 saturated heterocycles. The normalized spacial score (nSPS) is 10.1. The monoisotopic (exact) mass is 257 g/mol. The van der Waals surface area contributed by atoms with E-state index in [9.17, 15) is 4.79 Å². The molecule has 0 aliphatic carbocycles. The maximum absolute atomic E-state index is 11.2. The maximum atomic E-state index is 11.2. The molecule has 0 radical (unpaired) electrons. The number of benzene rings is 2. The molecule has 2 rings (SSSR count). The van der Waals surface area contributed by atoms with Gasteiger partial charge in [-0.15, -0.1) is 0 Å². The molecule has 0 spiro atoms. The van der Waals surface area contributed by atoms with Crippen LogP contribution in [-0.2, 0) is 4.79 Å². The summed E-state index contributed by atoms with van der Waals surface area (Å²) in [5.41, 5.74) is 2.05. The standard InChI is InChI=1S/C15H15NOS/c1-11-8-9-14(16-12(2)17)15(10-11)18-13-6-4-3-5-7-13/h3-10H,1-2H3,(H,16,17). The molecule has 0 aliphatic rings. The summed E-state index contributed by atoms with van der Waals surface area (Å²) in [6, 6.07) is 16.2. The lowest BCUT2D eigenvalue weighted by molar-refractivity contribution is -0.114. The lowest BCUT2D eigenvalue weighted by Crippen LogP contribution is -2.06. The highest BCUT2D eigenvalue weighted by Gasteiger charge is 2.06. The van der Waals surface area contributed by atoms with Gasteiger partial charge in [0, 0.05) is 16.7 Å². The Kier molecular flexibility index (Phi) is 4.05. The Morgan fingerprint density at radius 1 is 1.11 bits per heavy atom. The summed E-state index contributed by atoms with van der Waals surface area (Å²) < 4.78 is 0. The van der Waals surface area contributed by atoms with E-state index in [-0.39, 0.29) is 5.91 Å². The van der Waals surface area contributed by atoms with Gasteiger partial charge < -0.3 is 5.32 Å². The highest BCUT2D eigenvalue weighted by Crippen LogP contribution is 2.34. The molecule has 1 N–H and O–H groups in total. The third-order valence-corrected chi connectivity index (χ3v) is 3.48. The van der Waals surface area contributed by atoms with E-state index < -0.39 is 0 Å². The highest BCUT2D eigenvalue weighted by atomic mass is 32.2. The number of aryl methyl sites for hydroxylation is 1. The fourth-order valence-corrected chi connectivity index (χ4v) is 2.64. The molecular weight excluding hydrogens is 242 g/mol. The van der Waals surface area contributed by atoms with Gasteiger partial charge in [0.2, 0.25) is 5.91 Å². The van der Waals surface area contributed by atoms with Gasteiger partial charge in [0.1, 0.15) is 0 Å². The van der Waals surface area contributed by atoms with Gasteiger partial charge in [-0.1, -0.05) is 36.0 Å². The van der Waals surface area contributed by atoms with Crippen LogP contribution in [0, 0.1) is 6.92 Å². The van der Waals surface area contributed by atoms with Crippen molar-refractivity contribution >= 4 is 23.4 Å². The van der Waals surface area contributed by atoms with Crippen LogP contribution < -0.4 is 5.32 Å². The number of carbonyl (C=O) groups is 1. The summed E-state index contributed by atoms with van der Waals surface area (Å²) in [4.78, 5) is 13.4. The molecule has 0 saturated carbocycles. The predicted molar refractivity (Wildman–Crippen MR) is 76.0 cm³/mol. The molecule has 0 fully saturated rings. The van der Waals surface area contributed by atoms with Crippen LogP contribution in [-0.4, -0.2) is 5.91 Å². The maximum Gasteiger partial charge on any atom is 0.221 e. The van der Waals surface area contributed by atoms with Crippen LogP contribution >= 0.6 is 11.8 Å². The van der Waals surface area contributed by atoms with Gasteiger partial charge in [0.25, 0.3) is 0 Å². The summed E-state index contributed by atoms with van der Waals surface area (Å²) >= 11 is 1.66. The first kappa shape index (κ1) is 12.7. The highest BCUT2D eigenvalue weighted by molar-refractivity contribution is 7.99. The second-order valence-corrected chi connectivity index (χ2v) is 5.21. The van der Waals surface area contributed by atoms with Crippen LogP contribution in [0.15, 0.2) is 58.3 Å². The summed E-state index contributed by atoms with van der Waals surface area (Å²) in [5, 5.41) is 2.86. The molecule has 2 aromatic carbocycles. The molecule has 18 heavy (non-hydrogen) atoms. The van der Waals surface area contributed by atoms with Crippen molar-refractivity contribution in [3.63, 3.8) is 0 Å². The van der Waals surface area contributed by atoms with E-state index in [1.807, 2.05) is 37.3 Å². The van der Waals surface area contributed by atoms with Crippen molar-refractivity contribution in [2.24, 2.45) is 0 Å². The number of amides is 1. The van der Waals surface area contributed by atoms with Gasteiger partial charge in [-0.2, -0.15) is 0 Å². The quantitative estimate of drug-likeness (QED) is 0.896. The number of rotatable bonds is 3. The minimum Gasteiger partial charge on any atom is -0.325 e. The smallest absolute Gasteiger partial charge is 0.221 e. The minimum atomic E-state index is -0.0474. The minimum absolute atomic E-state index is 0.0474. The van der Waals surface area contributed by atoms with Gasteiger partial charge in [-0.25, -0.2) is 0 Å². The lowest BCUT2D eigenvalue weighted by Gasteiger charge is -2.10. The van der Waals surface area contributed by atoms with Gasteiger partial charge >= 0.3 is 0 Å². The molecule has 0 aliphatic heterocycles. The van der Waals surface area contributed by atoms with Gasteiger partial charge in [0.05, 0.1) is 5.69 Å². The third-order valence-electron chi connectivity index (χ3n) is 2.42. The number of nitrogens with one attached hydrogen (secondary N) is 1. The first-order chi connectivity index (χ1) is 8.65. The summed E-state index contributed by atoms with van der Waals surface area (Å²) in [6.45, 7) is 3.57. The Morgan fingerprint density at radius 2 is 1.83 bits per heavy atom. The van der Waals surface area contributed by atoms with E-state index in [2.05, 4.69) is 23.5 Å². The molecule has 0 bridgehead atoms. The van der Waals surface area contributed by atoms with Crippen LogP contribution in [0.5, 0.6) is 0 Å². The fraction of sp³-hybridized carbons (Fsp3) is 0.133.